The third-order valence-corrected chi connectivity index (χ3v) is 9.69. The van der Waals surface area contributed by atoms with Crippen LogP contribution in [0.5, 0.6) is 0 Å². The highest BCUT2D eigenvalue weighted by molar-refractivity contribution is 7.86. The SMILES string of the molecule is CC1(C)CC(NCCCS(=O)(=O)O)=Cc2oc3cc(=[N+](CCCCCC(=O)ON4C(=O)CCC4=O)CCCS(=O)(=O)O)ccc-3cc21. The van der Waals surface area contributed by atoms with E-state index in [1.807, 2.05) is 28.9 Å². The van der Waals surface area contributed by atoms with Crippen LogP contribution in [0.4, 0.5) is 0 Å². The summed E-state index contributed by atoms with van der Waals surface area (Å²) < 4.78 is 71.5. The summed E-state index contributed by atoms with van der Waals surface area (Å²) in [4.78, 5) is 40.4. The summed E-state index contributed by atoms with van der Waals surface area (Å²) >= 11 is 0. The smallest absolute Gasteiger partial charge is 0.333 e. The van der Waals surface area contributed by atoms with E-state index < -0.39 is 43.8 Å². The Hall–Kier alpha value is -3.60. The third-order valence-electron chi connectivity index (χ3n) is 8.08. The number of hydrogen-bond acceptors (Lipinski definition) is 10. The fourth-order valence-corrected chi connectivity index (χ4v) is 6.73. The molecular formula is C31H42N3O11S2+. The number of carbonyl (C=O) groups is 3. The summed E-state index contributed by atoms with van der Waals surface area (Å²) in [5.74, 6) is -1.18. The van der Waals surface area contributed by atoms with E-state index in [0.29, 0.717) is 61.9 Å². The standard InChI is InChI=1S/C31H41N3O11S2/c1-31(2)21-23(32-13-6-16-46(38,39)40)19-27-25(31)18-22-9-10-24(20-26(22)44-27)33(15-7-17-47(41,42)43)14-5-3-4-8-30(37)45-34-28(35)11-12-29(34)36/h9-10,18-20H,3-8,11-17,21H2,1-2H3,(H2,38,39,40,41,42,43)/p+1. The molecule has 4 rings (SSSR count). The number of amides is 2. The zero-order valence-electron chi connectivity index (χ0n) is 26.6. The first-order valence-corrected chi connectivity index (χ1v) is 18.8. The van der Waals surface area contributed by atoms with Gasteiger partial charge in [0.15, 0.2) is 0 Å². The molecule has 0 atom stereocenters. The number of rotatable bonds is 16. The summed E-state index contributed by atoms with van der Waals surface area (Å²) in [6.07, 6.45) is 4.82. The quantitative estimate of drug-likeness (QED) is 0.100. The fourth-order valence-electron chi connectivity index (χ4n) is 5.72. The molecule has 2 heterocycles. The van der Waals surface area contributed by atoms with E-state index in [-0.39, 0.29) is 43.3 Å². The Morgan fingerprint density at radius 1 is 0.957 bits per heavy atom. The predicted octanol–water partition coefficient (Wildman–Crippen LogP) is 2.49. The van der Waals surface area contributed by atoms with Gasteiger partial charge in [-0.2, -0.15) is 16.8 Å². The van der Waals surface area contributed by atoms with Crippen LogP contribution in [0.25, 0.3) is 17.4 Å². The van der Waals surface area contributed by atoms with Gasteiger partial charge in [-0.3, -0.25) is 18.7 Å². The van der Waals surface area contributed by atoms with Gasteiger partial charge in [0.1, 0.15) is 24.6 Å². The van der Waals surface area contributed by atoms with Crippen molar-refractivity contribution < 1.29 is 49.6 Å². The minimum Gasteiger partial charge on any atom is -0.456 e. The number of imide groups is 1. The lowest BCUT2D eigenvalue weighted by Crippen LogP contribution is -2.33. The van der Waals surface area contributed by atoms with Crippen LogP contribution >= 0.6 is 0 Å². The lowest BCUT2D eigenvalue weighted by Gasteiger charge is -2.32. The molecular weight excluding hydrogens is 654 g/mol. The van der Waals surface area contributed by atoms with E-state index in [0.717, 1.165) is 22.2 Å². The van der Waals surface area contributed by atoms with E-state index in [1.54, 1.807) is 0 Å². The van der Waals surface area contributed by atoms with Gasteiger partial charge >= 0.3 is 5.97 Å². The maximum Gasteiger partial charge on any atom is 0.333 e. The number of fused-ring (bicyclic) bond motifs is 2. The normalized spacial score (nSPS) is 17.0. The molecule has 1 fully saturated rings. The summed E-state index contributed by atoms with van der Waals surface area (Å²) in [7, 11) is -8.17. The second kappa shape index (κ2) is 15.1. The first kappa shape index (κ1) is 36.2. The number of hydroxylamine groups is 2. The second-order valence-corrected chi connectivity index (χ2v) is 15.7. The minimum absolute atomic E-state index is 0.0268. The molecule has 0 aromatic rings. The highest BCUT2D eigenvalue weighted by Gasteiger charge is 2.33. The van der Waals surface area contributed by atoms with Crippen LogP contribution in [-0.2, 0) is 44.9 Å². The van der Waals surface area contributed by atoms with Crippen LogP contribution in [0.1, 0.15) is 83.0 Å². The van der Waals surface area contributed by atoms with Gasteiger partial charge < -0.3 is 14.6 Å². The van der Waals surface area contributed by atoms with Gasteiger partial charge in [0.2, 0.25) is 5.36 Å². The summed E-state index contributed by atoms with van der Waals surface area (Å²) in [5.41, 5.74) is 2.50. The van der Waals surface area contributed by atoms with Crippen molar-refractivity contribution in [3.05, 3.63) is 46.6 Å². The van der Waals surface area contributed by atoms with Crippen LogP contribution in [-0.4, -0.2) is 79.9 Å². The molecule has 0 unspecified atom stereocenters. The van der Waals surface area contributed by atoms with Crippen molar-refractivity contribution in [2.24, 2.45) is 0 Å². The third kappa shape index (κ3) is 10.7. The number of unbranched alkanes of at least 4 members (excludes halogenated alkanes) is 2. The maximum absolute atomic E-state index is 12.1. The van der Waals surface area contributed by atoms with Gasteiger partial charge in [-0.25, -0.2) is 9.37 Å². The van der Waals surface area contributed by atoms with Gasteiger partial charge in [0, 0.05) is 67.6 Å². The van der Waals surface area contributed by atoms with Crippen molar-refractivity contribution in [3.8, 4) is 11.3 Å². The molecule has 0 bridgehead atoms. The number of nitrogens with one attached hydrogen (secondary N) is 1. The Balaban J connectivity index is 1.49. The molecule has 47 heavy (non-hydrogen) atoms. The Labute approximate surface area is 274 Å². The minimum atomic E-state index is -4.14. The maximum atomic E-state index is 12.1. The Bertz CT molecular complexity index is 1780. The van der Waals surface area contributed by atoms with Gasteiger partial charge in [0.25, 0.3) is 32.1 Å². The number of nitrogens with zero attached hydrogens (tertiary/aromatic N) is 2. The van der Waals surface area contributed by atoms with E-state index in [9.17, 15) is 35.8 Å². The van der Waals surface area contributed by atoms with Crippen LogP contribution in [0.15, 0.2) is 34.4 Å². The second-order valence-electron chi connectivity index (χ2n) is 12.5. The highest BCUT2D eigenvalue weighted by Crippen LogP contribution is 2.40. The molecule has 0 spiro atoms. The van der Waals surface area contributed by atoms with E-state index in [2.05, 4.69) is 25.2 Å². The van der Waals surface area contributed by atoms with Crippen LogP contribution < -0.4 is 15.2 Å². The van der Waals surface area contributed by atoms with Crippen LogP contribution in [0.3, 0.4) is 0 Å². The lowest BCUT2D eigenvalue weighted by atomic mass is 9.76. The molecule has 14 nitrogen and oxygen atoms in total. The average molecular weight is 697 g/mol. The highest BCUT2D eigenvalue weighted by atomic mass is 32.2. The van der Waals surface area contributed by atoms with Crippen molar-refractivity contribution in [3.63, 3.8) is 0 Å². The monoisotopic (exact) mass is 696 g/mol. The molecule has 3 N–H and O–H groups in total. The van der Waals surface area contributed by atoms with Crippen molar-refractivity contribution in [2.45, 2.75) is 77.0 Å². The molecule has 2 aliphatic heterocycles. The lowest BCUT2D eigenvalue weighted by molar-refractivity contribution is -0.197. The molecule has 258 valence electrons. The fraction of sp³-hybridized carbons (Fsp3) is 0.548. The molecule has 1 saturated heterocycles. The van der Waals surface area contributed by atoms with E-state index in [1.165, 1.54) is 0 Å². The topological polar surface area (TPSA) is 201 Å². The summed E-state index contributed by atoms with van der Waals surface area (Å²) in [6, 6.07) is 7.81. The van der Waals surface area contributed by atoms with Crippen molar-refractivity contribution in [2.75, 3.05) is 31.1 Å². The van der Waals surface area contributed by atoms with Crippen molar-refractivity contribution >= 4 is 44.1 Å². The van der Waals surface area contributed by atoms with Crippen molar-refractivity contribution in [1.82, 2.24) is 15.0 Å². The van der Waals surface area contributed by atoms with Gasteiger partial charge in [-0.15, -0.1) is 5.06 Å². The van der Waals surface area contributed by atoms with Crippen LogP contribution in [0.2, 0.25) is 0 Å². The molecule has 0 aromatic heterocycles. The number of allylic oxidation sites excluding steroid dienone is 1. The molecule has 0 saturated carbocycles. The van der Waals surface area contributed by atoms with Crippen LogP contribution in [0, 0.1) is 0 Å². The summed E-state index contributed by atoms with van der Waals surface area (Å²) in [6.45, 7) is 5.41. The number of carbonyl (C=O) groups excluding carboxylic acids is 3. The predicted molar refractivity (Wildman–Crippen MR) is 172 cm³/mol. The first-order chi connectivity index (χ1) is 22.0. The first-order valence-electron chi connectivity index (χ1n) is 15.6. The Morgan fingerprint density at radius 3 is 2.30 bits per heavy atom. The van der Waals surface area contributed by atoms with Gasteiger partial charge in [0.05, 0.1) is 17.6 Å². The number of hydrogen-bond donors (Lipinski definition) is 3. The van der Waals surface area contributed by atoms with Gasteiger partial charge in [-0.1, -0.05) is 13.8 Å². The van der Waals surface area contributed by atoms with Crippen molar-refractivity contribution in [1.29, 1.82) is 0 Å². The van der Waals surface area contributed by atoms with Gasteiger partial charge in [-0.05, 0) is 43.2 Å². The largest absolute Gasteiger partial charge is 0.456 e. The summed E-state index contributed by atoms with van der Waals surface area (Å²) in [5, 5.41) is 4.57. The Morgan fingerprint density at radius 2 is 1.62 bits per heavy atom. The zero-order chi connectivity index (χ0) is 34.4. The van der Waals surface area contributed by atoms with E-state index in [4.69, 9.17) is 13.8 Å². The molecule has 0 aromatic carbocycles. The molecule has 16 heteroatoms. The molecule has 2 aliphatic carbocycles. The average Bonchev–Trinajstić information content (AvgIpc) is 3.28. The number of benzene rings is 1. The molecule has 0 radical (unpaired) electrons. The molecule has 4 aliphatic rings. The molecule has 2 amide bonds. The Kier molecular flexibility index (Phi) is 11.6. The van der Waals surface area contributed by atoms with E-state index >= 15 is 0 Å². The zero-order valence-corrected chi connectivity index (χ0v) is 28.2.